The Morgan fingerprint density at radius 3 is 1.17 bits per heavy atom. The first kappa shape index (κ1) is 75.2. The van der Waals surface area contributed by atoms with Crippen LogP contribution < -0.4 is 9.47 Å². The number of ketones is 1. The lowest BCUT2D eigenvalue weighted by atomic mass is 9.91. The number of Topliss-reactive ketones (excluding diaryl/α,β-unsaturated/α-hetero) is 1. The van der Waals surface area contributed by atoms with Crippen LogP contribution >= 0.6 is 46.4 Å². The third-order valence-electron chi connectivity index (χ3n) is 16.2. The number of carbonyl (C=O) groups excluding carboxylic acids is 1. The quantitative estimate of drug-likeness (QED) is 0.0244. The van der Waals surface area contributed by atoms with E-state index in [2.05, 4.69) is 72.4 Å². The Bertz CT molecular complexity index is 3510. The molecule has 18 heteroatoms. The summed E-state index contributed by atoms with van der Waals surface area (Å²) in [6.45, 7) is 12.3. The summed E-state index contributed by atoms with van der Waals surface area (Å²) in [6.07, 6.45) is -8.82. The van der Waals surface area contributed by atoms with Crippen LogP contribution in [0.5, 0.6) is 11.5 Å². The molecule has 94 heavy (non-hydrogen) atoms. The monoisotopic (exact) mass is 1390 g/mol. The summed E-state index contributed by atoms with van der Waals surface area (Å²) in [7, 11) is 2.49. The SMILES string of the molecule is COC(O[Si](C)(C)C)(C(CCc1cccc(C)c1)Oc1ccc(CCCN(C)CC(c2ccc(Cl)cc2)c2ccc(Cl)cc2)cc1)C(F)(F)F.Cc1cccc(CCC(Oc2ccc(CCCN(C)CC(c3ccc(Cl)cc3)c3ccc(Cl)cc3)cc2)C(=O)C(F)(F)F)c1. The van der Waals surface area contributed by atoms with Gasteiger partial charge in [-0.25, -0.2) is 0 Å². The van der Waals surface area contributed by atoms with Gasteiger partial charge in [0.25, 0.3) is 11.6 Å². The molecule has 0 radical (unpaired) electrons. The summed E-state index contributed by atoms with van der Waals surface area (Å²) in [4.78, 5) is 16.7. The maximum Gasteiger partial charge on any atom is 0.453 e. The van der Waals surface area contributed by atoms with Gasteiger partial charge in [-0.2, -0.15) is 26.3 Å². The lowest BCUT2D eigenvalue weighted by Crippen LogP contribution is -2.63. The van der Waals surface area contributed by atoms with Crippen LogP contribution in [0.15, 0.2) is 194 Å². The highest BCUT2D eigenvalue weighted by Crippen LogP contribution is 2.43. The molecular formula is C76H84Cl4F6N2O5Si. The van der Waals surface area contributed by atoms with Crippen LogP contribution in [0.1, 0.15) is 93.2 Å². The number of halogens is 10. The summed E-state index contributed by atoms with van der Waals surface area (Å²) < 4.78 is 108. The van der Waals surface area contributed by atoms with Gasteiger partial charge in [0.15, 0.2) is 20.5 Å². The van der Waals surface area contributed by atoms with Crippen LogP contribution in [0.4, 0.5) is 26.3 Å². The molecular weight excluding hydrogens is 1300 g/mol. The average Bonchev–Trinajstić information content (AvgIpc) is 0.768. The van der Waals surface area contributed by atoms with Gasteiger partial charge in [-0.3, -0.25) is 4.79 Å². The lowest BCUT2D eigenvalue weighted by molar-refractivity contribution is -0.374. The highest BCUT2D eigenvalue weighted by Gasteiger charge is 2.64. The van der Waals surface area contributed by atoms with Crippen molar-refractivity contribution in [1.29, 1.82) is 0 Å². The summed E-state index contributed by atoms with van der Waals surface area (Å²) >= 11 is 24.6. The number of carbonyl (C=O) groups is 1. The molecule has 0 aliphatic heterocycles. The maximum absolute atomic E-state index is 14.9. The number of methoxy groups -OCH3 is 1. The first-order valence-corrected chi connectivity index (χ1v) is 36.4. The van der Waals surface area contributed by atoms with Crippen LogP contribution in [-0.2, 0) is 39.6 Å². The number of hydrogen-bond donors (Lipinski definition) is 0. The number of nitrogens with zero attached hydrogens (tertiary/aromatic N) is 2. The van der Waals surface area contributed by atoms with E-state index in [-0.39, 0.29) is 30.4 Å². The van der Waals surface area contributed by atoms with Crippen molar-refractivity contribution in [2.45, 2.75) is 127 Å². The highest BCUT2D eigenvalue weighted by molar-refractivity contribution is 6.69. The molecule has 3 atom stereocenters. The Kier molecular flexibility index (Phi) is 28.2. The van der Waals surface area contributed by atoms with Gasteiger partial charge < -0.3 is 28.4 Å². The Hall–Kier alpha value is -6.17. The molecule has 0 bridgehead atoms. The molecule has 502 valence electrons. The highest BCUT2D eigenvalue weighted by atomic mass is 35.5. The van der Waals surface area contributed by atoms with E-state index in [0.29, 0.717) is 38.7 Å². The Morgan fingerprint density at radius 2 is 0.840 bits per heavy atom. The van der Waals surface area contributed by atoms with Crippen LogP contribution in [-0.4, -0.2) is 102 Å². The van der Waals surface area contributed by atoms with Gasteiger partial charge in [-0.15, -0.1) is 0 Å². The molecule has 0 saturated carbocycles. The Morgan fingerprint density at radius 1 is 0.479 bits per heavy atom. The predicted octanol–water partition coefficient (Wildman–Crippen LogP) is 20.6. The van der Waals surface area contributed by atoms with Gasteiger partial charge in [-0.05, 0) is 229 Å². The van der Waals surface area contributed by atoms with E-state index in [1.54, 1.807) is 43.9 Å². The first-order chi connectivity index (χ1) is 44.6. The number of likely N-dealkylation sites (N-methyl/N-ethyl adjacent to an activating group) is 2. The minimum Gasteiger partial charge on any atom is -0.484 e. The normalized spacial score (nSPS) is 13.4. The molecule has 8 rings (SSSR count). The van der Waals surface area contributed by atoms with E-state index in [1.165, 1.54) is 22.3 Å². The molecule has 3 unspecified atom stereocenters. The van der Waals surface area contributed by atoms with Gasteiger partial charge in [0, 0.05) is 52.1 Å². The summed E-state index contributed by atoms with van der Waals surface area (Å²) in [6, 6.07) is 61.2. The first-order valence-electron chi connectivity index (χ1n) is 31.5. The molecule has 0 heterocycles. The number of rotatable bonds is 31. The fourth-order valence-corrected chi connectivity index (χ4v) is 13.2. The molecule has 0 spiro atoms. The molecule has 0 amide bonds. The number of benzene rings is 8. The molecule has 0 saturated heterocycles. The third kappa shape index (κ3) is 23.6. The van der Waals surface area contributed by atoms with Crippen LogP contribution in [0, 0.1) is 13.8 Å². The zero-order chi connectivity index (χ0) is 68.2. The number of alkyl halides is 6. The second-order valence-electron chi connectivity index (χ2n) is 25.0. The molecule has 0 aliphatic rings. The molecule has 0 aliphatic carbocycles. The van der Waals surface area contributed by atoms with Crippen molar-refractivity contribution in [3.63, 3.8) is 0 Å². The van der Waals surface area contributed by atoms with E-state index < -0.39 is 44.4 Å². The van der Waals surface area contributed by atoms with Crippen LogP contribution in [0.3, 0.4) is 0 Å². The average molecular weight is 1390 g/mol. The molecule has 0 fully saturated rings. The smallest absolute Gasteiger partial charge is 0.453 e. The second-order valence-corrected chi connectivity index (χ2v) is 31.2. The second kappa shape index (κ2) is 35.2. The van der Waals surface area contributed by atoms with Crippen molar-refractivity contribution in [1.82, 2.24) is 9.80 Å². The lowest BCUT2D eigenvalue weighted by Gasteiger charge is -2.43. The standard InChI is InChI=1S/C40H48Cl2F3NO3Si.C36H36Cl2F3NO2/c1-29-9-7-10-31(27-29)14-25-38(39(47-3,40(43,44)45)49-50(4,5)6)48-36-23-12-30(13-24-36)11-8-26-46(2)28-37(32-15-19-34(41)20-16-32)33-17-21-35(42)22-18-33;1-25-5-3-6-27(23-25)10-21-34(35(43)36(39,40)41)44-32-19-8-26(9-20-32)7-4-22-42(2)24-33(28-11-15-30(37)16-12-28)29-13-17-31(38)18-14-29/h7,9-10,12-13,15-24,27,37-38H,8,11,14,25-26,28H2,1-6H3;3,5-6,8-9,11-20,23,33-34H,4,7,10,21-22,24H2,1-2H3. The zero-order valence-electron chi connectivity index (χ0n) is 54.5. The van der Waals surface area contributed by atoms with Crippen molar-refractivity contribution in [3.05, 3.63) is 270 Å². The molecule has 0 aromatic heterocycles. The van der Waals surface area contributed by atoms with Gasteiger partial charge in [0.05, 0.1) is 0 Å². The van der Waals surface area contributed by atoms with Gasteiger partial charge >= 0.3 is 12.4 Å². The Labute approximate surface area is 572 Å². The van der Waals surface area contributed by atoms with E-state index >= 15 is 0 Å². The molecule has 7 nitrogen and oxygen atoms in total. The number of ether oxygens (including phenoxy) is 3. The van der Waals surface area contributed by atoms with E-state index in [0.717, 1.165) is 92.4 Å². The summed E-state index contributed by atoms with van der Waals surface area (Å²) in [5.41, 5.74) is 10.6. The molecule has 8 aromatic carbocycles. The number of aryl methyl sites for hydroxylation is 6. The van der Waals surface area contributed by atoms with Crippen molar-refractivity contribution < 1.29 is 49.8 Å². The summed E-state index contributed by atoms with van der Waals surface area (Å²) in [5, 5.41) is 2.78. The maximum atomic E-state index is 14.9. The third-order valence-corrected chi connectivity index (χ3v) is 18.1. The fourth-order valence-electron chi connectivity index (χ4n) is 11.4. The minimum absolute atomic E-state index is 0.0441. The van der Waals surface area contributed by atoms with Crippen LogP contribution in [0.2, 0.25) is 39.7 Å². The van der Waals surface area contributed by atoms with Crippen molar-refractivity contribution in [2.24, 2.45) is 0 Å². The van der Waals surface area contributed by atoms with Gasteiger partial charge in [0.1, 0.15) is 11.5 Å². The van der Waals surface area contributed by atoms with Crippen molar-refractivity contribution >= 4 is 60.5 Å². The molecule has 8 aromatic rings. The largest absolute Gasteiger partial charge is 0.484 e. The zero-order valence-corrected chi connectivity index (χ0v) is 58.5. The van der Waals surface area contributed by atoms with Gasteiger partial charge in [0.2, 0.25) is 0 Å². The van der Waals surface area contributed by atoms with Crippen molar-refractivity contribution in [3.8, 4) is 11.5 Å². The van der Waals surface area contributed by atoms with E-state index in [1.807, 2.05) is 135 Å². The topological polar surface area (TPSA) is 60.5 Å². The van der Waals surface area contributed by atoms with E-state index in [4.69, 9.17) is 65.0 Å². The summed E-state index contributed by atoms with van der Waals surface area (Å²) in [5.74, 6) is -3.92. The van der Waals surface area contributed by atoms with Gasteiger partial charge in [-0.1, -0.05) is 179 Å². The van der Waals surface area contributed by atoms with Crippen molar-refractivity contribution in [2.75, 3.05) is 47.4 Å². The predicted molar refractivity (Wildman–Crippen MR) is 373 cm³/mol. The number of hydrogen-bond acceptors (Lipinski definition) is 7. The molecule has 0 N–H and O–H groups in total. The van der Waals surface area contributed by atoms with Crippen LogP contribution in [0.25, 0.3) is 0 Å². The fraction of sp³-hybridized carbons (Fsp3) is 0.355. The van der Waals surface area contributed by atoms with E-state index in [9.17, 15) is 31.1 Å². The minimum atomic E-state index is -4.97. The Balaban J connectivity index is 0.000000268.